The molecule has 0 radical (unpaired) electrons. The van der Waals surface area contributed by atoms with Crippen LogP contribution in [0.1, 0.15) is 55.5 Å². The fourth-order valence-corrected chi connectivity index (χ4v) is 3.34. The van der Waals surface area contributed by atoms with Crippen molar-refractivity contribution in [2.75, 3.05) is 37.6 Å². The Morgan fingerprint density at radius 2 is 1.82 bits per heavy atom. The molecule has 0 N–H and O–H groups in total. The Hall–Kier alpha value is -1.35. The Balaban J connectivity index is 1.96. The van der Waals surface area contributed by atoms with Gasteiger partial charge in [-0.2, -0.15) is 0 Å². The summed E-state index contributed by atoms with van der Waals surface area (Å²) in [5.41, 5.74) is 3.32. The van der Waals surface area contributed by atoms with E-state index in [4.69, 9.17) is 0 Å². The third-order valence-corrected chi connectivity index (χ3v) is 4.73. The van der Waals surface area contributed by atoms with Gasteiger partial charge in [-0.25, -0.2) is 0 Å². The Morgan fingerprint density at radius 1 is 1.14 bits per heavy atom. The Morgan fingerprint density at radius 3 is 2.41 bits per heavy atom. The monoisotopic (exact) mass is 302 g/mol. The molecule has 0 bridgehead atoms. The van der Waals surface area contributed by atoms with Crippen molar-refractivity contribution in [1.82, 2.24) is 4.90 Å². The van der Waals surface area contributed by atoms with Gasteiger partial charge in [0.15, 0.2) is 5.78 Å². The minimum atomic E-state index is 0.278. The molecule has 1 aliphatic rings. The van der Waals surface area contributed by atoms with Gasteiger partial charge in [-0.3, -0.25) is 4.79 Å². The van der Waals surface area contributed by atoms with Crippen LogP contribution in [0.5, 0.6) is 0 Å². The van der Waals surface area contributed by atoms with Gasteiger partial charge in [-0.05, 0) is 70.5 Å². The summed E-state index contributed by atoms with van der Waals surface area (Å²) >= 11 is 0. The molecule has 0 saturated carbocycles. The van der Waals surface area contributed by atoms with Crippen LogP contribution in [0.3, 0.4) is 0 Å². The summed E-state index contributed by atoms with van der Waals surface area (Å²) in [6.07, 6.45) is 4.55. The van der Waals surface area contributed by atoms with E-state index in [1.54, 1.807) is 0 Å². The second-order valence-electron chi connectivity index (χ2n) is 6.25. The number of Topliss-reactive ketones (excluding diaryl/α,β-unsaturated/α-hetero) is 1. The van der Waals surface area contributed by atoms with Crippen molar-refractivity contribution in [2.45, 2.75) is 46.5 Å². The maximum Gasteiger partial charge on any atom is 0.164 e. The highest BCUT2D eigenvalue weighted by Crippen LogP contribution is 2.22. The molecule has 1 aromatic rings. The van der Waals surface area contributed by atoms with Crippen LogP contribution in [-0.2, 0) is 0 Å². The van der Waals surface area contributed by atoms with Crippen molar-refractivity contribution in [3.63, 3.8) is 0 Å². The lowest BCUT2D eigenvalue weighted by Crippen LogP contribution is -2.31. The summed E-state index contributed by atoms with van der Waals surface area (Å²) in [5, 5.41) is 0. The molecule has 0 spiro atoms. The zero-order valence-electron chi connectivity index (χ0n) is 14.4. The Labute approximate surface area is 135 Å². The molecule has 22 heavy (non-hydrogen) atoms. The van der Waals surface area contributed by atoms with Gasteiger partial charge in [-0.1, -0.05) is 6.42 Å². The highest BCUT2D eigenvalue weighted by Gasteiger charge is 2.14. The highest BCUT2D eigenvalue weighted by molar-refractivity contribution is 5.96. The second-order valence-corrected chi connectivity index (χ2v) is 6.25. The molecule has 3 nitrogen and oxygen atoms in total. The first kappa shape index (κ1) is 17.0. The van der Waals surface area contributed by atoms with Crippen LogP contribution < -0.4 is 4.90 Å². The molecule has 0 aliphatic carbocycles. The number of likely N-dealkylation sites (tertiary alicyclic amines) is 1. The second kappa shape index (κ2) is 8.33. The molecule has 3 heteroatoms. The van der Waals surface area contributed by atoms with Crippen molar-refractivity contribution < 1.29 is 4.79 Å². The summed E-state index contributed by atoms with van der Waals surface area (Å²) in [6, 6.07) is 6.17. The molecule has 1 aliphatic heterocycles. The smallest absolute Gasteiger partial charge is 0.164 e. The number of ketones is 1. The average molecular weight is 302 g/mol. The molecular formula is C19H30N2O. The zero-order chi connectivity index (χ0) is 15.9. The van der Waals surface area contributed by atoms with Gasteiger partial charge >= 0.3 is 0 Å². The molecule has 1 fully saturated rings. The van der Waals surface area contributed by atoms with E-state index in [2.05, 4.69) is 42.7 Å². The van der Waals surface area contributed by atoms with Gasteiger partial charge in [0.05, 0.1) is 0 Å². The minimum Gasteiger partial charge on any atom is -0.372 e. The largest absolute Gasteiger partial charge is 0.372 e. The van der Waals surface area contributed by atoms with E-state index in [0.29, 0.717) is 6.42 Å². The number of hydrogen-bond acceptors (Lipinski definition) is 3. The van der Waals surface area contributed by atoms with Crippen LogP contribution in [0.25, 0.3) is 0 Å². The molecule has 0 unspecified atom stereocenters. The van der Waals surface area contributed by atoms with Crippen molar-refractivity contribution >= 4 is 11.5 Å². The van der Waals surface area contributed by atoms with Crippen LogP contribution in [0.2, 0.25) is 0 Å². The van der Waals surface area contributed by atoms with E-state index in [1.165, 1.54) is 30.5 Å². The van der Waals surface area contributed by atoms with E-state index >= 15 is 0 Å². The average Bonchev–Trinajstić information content (AvgIpc) is 2.56. The molecular weight excluding hydrogens is 272 g/mol. The van der Waals surface area contributed by atoms with Gasteiger partial charge in [0, 0.05) is 37.3 Å². The molecule has 0 amide bonds. The number of anilines is 1. The maximum absolute atomic E-state index is 12.4. The molecule has 0 atom stereocenters. The summed E-state index contributed by atoms with van der Waals surface area (Å²) < 4.78 is 0. The van der Waals surface area contributed by atoms with E-state index in [0.717, 1.165) is 38.3 Å². The first-order valence-electron chi connectivity index (χ1n) is 8.76. The van der Waals surface area contributed by atoms with Gasteiger partial charge in [0.25, 0.3) is 0 Å². The van der Waals surface area contributed by atoms with E-state index in [-0.39, 0.29) is 5.78 Å². The molecule has 1 heterocycles. The van der Waals surface area contributed by atoms with Crippen LogP contribution in [-0.4, -0.2) is 43.4 Å². The van der Waals surface area contributed by atoms with E-state index in [9.17, 15) is 4.79 Å². The van der Waals surface area contributed by atoms with Crippen LogP contribution in [0.15, 0.2) is 18.2 Å². The minimum absolute atomic E-state index is 0.278. The number of carbonyl (C=O) groups excluding carboxylic acids is 1. The Kier molecular flexibility index (Phi) is 6.44. The number of rotatable bonds is 7. The van der Waals surface area contributed by atoms with Crippen molar-refractivity contribution in [2.24, 2.45) is 0 Å². The summed E-state index contributed by atoms with van der Waals surface area (Å²) in [5.74, 6) is 0.278. The first-order valence-corrected chi connectivity index (χ1v) is 8.76. The number of nitrogens with zero attached hydrogens (tertiary/aromatic N) is 2. The molecule has 1 aromatic carbocycles. The maximum atomic E-state index is 12.4. The van der Waals surface area contributed by atoms with Gasteiger partial charge in [0.2, 0.25) is 0 Å². The lowest BCUT2D eigenvalue weighted by molar-refractivity contribution is 0.0958. The molecule has 122 valence electrons. The molecule has 0 aromatic heterocycles. The summed E-state index contributed by atoms with van der Waals surface area (Å²) in [4.78, 5) is 17.2. The molecule has 2 rings (SSSR count). The third-order valence-electron chi connectivity index (χ3n) is 4.73. The quantitative estimate of drug-likeness (QED) is 0.714. The van der Waals surface area contributed by atoms with Crippen LogP contribution in [0, 0.1) is 6.92 Å². The Bertz CT molecular complexity index is 488. The van der Waals surface area contributed by atoms with Crippen LogP contribution in [0.4, 0.5) is 5.69 Å². The van der Waals surface area contributed by atoms with Gasteiger partial charge in [0.1, 0.15) is 0 Å². The normalized spacial score (nSPS) is 15.8. The zero-order valence-corrected chi connectivity index (χ0v) is 14.4. The van der Waals surface area contributed by atoms with Crippen molar-refractivity contribution in [3.8, 4) is 0 Å². The summed E-state index contributed by atoms with van der Waals surface area (Å²) in [7, 11) is 0. The topological polar surface area (TPSA) is 23.6 Å². The summed E-state index contributed by atoms with van der Waals surface area (Å²) in [6.45, 7) is 11.7. The number of aryl methyl sites for hydroxylation is 1. The van der Waals surface area contributed by atoms with E-state index < -0.39 is 0 Å². The fraction of sp³-hybridized carbons (Fsp3) is 0.632. The number of hydrogen-bond donors (Lipinski definition) is 0. The van der Waals surface area contributed by atoms with Crippen molar-refractivity contribution in [3.05, 3.63) is 29.3 Å². The standard InChI is InChI=1S/C19H30N2O/c1-4-21(5-2)18-10-9-17(15-16(18)3)19(22)11-14-20-12-7-6-8-13-20/h9-10,15H,4-8,11-14H2,1-3H3. The fourth-order valence-electron chi connectivity index (χ4n) is 3.34. The third kappa shape index (κ3) is 4.33. The first-order chi connectivity index (χ1) is 10.7. The predicted molar refractivity (Wildman–Crippen MR) is 94.0 cm³/mol. The van der Waals surface area contributed by atoms with Gasteiger partial charge < -0.3 is 9.80 Å². The van der Waals surface area contributed by atoms with Gasteiger partial charge in [-0.15, -0.1) is 0 Å². The van der Waals surface area contributed by atoms with Crippen molar-refractivity contribution in [1.29, 1.82) is 0 Å². The number of carbonyl (C=O) groups is 1. The lowest BCUT2D eigenvalue weighted by Gasteiger charge is -2.26. The van der Waals surface area contributed by atoms with E-state index in [1.807, 2.05) is 6.07 Å². The lowest BCUT2D eigenvalue weighted by atomic mass is 10.0. The predicted octanol–water partition coefficient (Wildman–Crippen LogP) is 3.90. The number of piperidine rings is 1. The molecule has 1 saturated heterocycles. The van der Waals surface area contributed by atoms with Crippen LogP contribution >= 0.6 is 0 Å². The number of benzene rings is 1. The SMILES string of the molecule is CCN(CC)c1ccc(C(=O)CCN2CCCCC2)cc1C. The highest BCUT2D eigenvalue weighted by atomic mass is 16.1.